The van der Waals surface area contributed by atoms with E-state index < -0.39 is 0 Å². The Kier molecular flexibility index (Phi) is 6.55. The minimum atomic E-state index is -0.112. The Hall–Kier alpha value is -1.76. The van der Waals surface area contributed by atoms with Crippen LogP contribution in [0.5, 0.6) is 0 Å². The first-order chi connectivity index (χ1) is 12.2. The molecular formula is C19H29N5O. The third-order valence-corrected chi connectivity index (χ3v) is 4.97. The van der Waals surface area contributed by atoms with Crippen molar-refractivity contribution in [3.05, 3.63) is 48.0 Å². The van der Waals surface area contributed by atoms with Crippen molar-refractivity contribution in [3.8, 4) is 0 Å². The molecule has 0 amide bonds. The number of nitrogens with zero attached hydrogens (tertiary/aromatic N) is 4. The van der Waals surface area contributed by atoms with Gasteiger partial charge in [-0.2, -0.15) is 5.10 Å². The highest BCUT2D eigenvalue weighted by atomic mass is 16.3. The molecule has 6 heteroatoms. The van der Waals surface area contributed by atoms with Gasteiger partial charge in [0.05, 0.1) is 6.10 Å². The van der Waals surface area contributed by atoms with Crippen molar-refractivity contribution in [3.63, 3.8) is 0 Å². The fraction of sp³-hybridized carbons (Fsp3) is 0.579. The van der Waals surface area contributed by atoms with Crippen molar-refractivity contribution >= 4 is 0 Å². The van der Waals surface area contributed by atoms with Crippen LogP contribution in [0.1, 0.15) is 37.3 Å². The van der Waals surface area contributed by atoms with E-state index in [1.165, 1.54) is 11.1 Å². The minimum absolute atomic E-state index is 0.112. The van der Waals surface area contributed by atoms with Crippen molar-refractivity contribution in [1.29, 1.82) is 0 Å². The summed E-state index contributed by atoms with van der Waals surface area (Å²) in [5, 5.41) is 17.4. The van der Waals surface area contributed by atoms with E-state index in [4.69, 9.17) is 0 Å². The normalized spacial score (nSPS) is 17.7. The van der Waals surface area contributed by atoms with Gasteiger partial charge in [0.1, 0.15) is 12.7 Å². The Bertz CT molecular complexity index is 623. The van der Waals surface area contributed by atoms with Crippen molar-refractivity contribution in [2.45, 2.75) is 58.0 Å². The van der Waals surface area contributed by atoms with E-state index in [0.29, 0.717) is 6.04 Å². The molecule has 2 N–H and O–H groups in total. The molecule has 136 valence electrons. The first-order valence-electron chi connectivity index (χ1n) is 9.23. The Labute approximate surface area is 149 Å². The number of nitrogens with one attached hydrogen (secondary N) is 1. The van der Waals surface area contributed by atoms with Gasteiger partial charge in [-0.15, -0.1) is 0 Å². The van der Waals surface area contributed by atoms with Crippen LogP contribution in [0.15, 0.2) is 36.9 Å². The lowest BCUT2D eigenvalue weighted by atomic mass is 10.0. The fourth-order valence-corrected chi connectivity index (χ4v) is 3.26. The van der Waals surface area contributed by atoms with Crippen LogP contribution < -0.4 is 5.32 Å². The summed E-state index contributed by atoms with van der Waals surface area (Å²) in [4.78, 5) is 6.42. The second-order valence-corrected chi connectivity index (χ2v) is 7.01. The van der Waals surface area contributed by atoms with Gasteiger partial charge in [-0.3, -0.25) is 9.58 Å². The van der Waals surface area contributed by atoms with Crippen LogP contribution in [0, 0.1) is 0 Å². The lowest BCUT2D eigenvalue weighted by Crippen LogP contribution is -2.35. The Morgan fingerprint density at radius 1 is 1.24 bits per heavy atom. The summed E-state index contributed by atoms with van der Waals surface area (Å²) in [6.07, 6.45) is 6.03. The summed E-state index contributed by atoms with van der Waals surface area (Å²) in [6.45, 7) is 6.91. The molecule has 1 saturated heterocycles. The van der Waals surface area contributed by atoms with Crippen LogP contribution in [-0.2, 0) is 19.6 Å². The van der Waals surface area contributed by atoms with Gasteiger partial charge in [0, 0.05) is 38.8 Å². The average molecular weight is 343 g/mol. The van der Waals surface area contributed by atoms with Gasteiger partial charge < -0.3 is 10.4 Å². The number of aliphatic hydroxyl groups is 1. The number of aromatic nitrogens is 3. The van der Waals surface area contributed by atoms with E-state index in [2.05, 4.69) is 51.5 Å². The molecular weight excluding hydrogens is 314 g/mol. The molecule has 0 bridgehead atoms. The zero-order valence-electron chi connectivity index (χ0n) is 15.0. The molecule has 1 aliphatic rings. The first-order valence-corrected chi connectivity index (χ1v) is 9.23. The second kappa shape index (κ2) is 9.08. The highest BCUT2D eigenvalue weighted by molar-refractivity contribution is 5.27. The van der Waals surface area contributed by atoms with E-state index >= 15 is 0 Å². The maximum atomic E-state index is 9.67. The van der Waals surface area contributed by atoms with Gasteiger partial charge in [-0.1, -0.05) is 24.3 Å². The Morgan fingerprint density at radius 3 is 2.72 bits per heavy atom. The molecule has 0 aliphatic carbocycles. The van der Waals surface area contributed by atoms with Crippen LogP contribution in [0.25, 0.3) is 0 Å². The number of piperidine rings is 1. The van der Waals surface area contributed by atoms with E-state index in [0.717, 1.165) is 52.0 Å². The number of benzene rings is 1. The Balaban J connectivity index is 1.48. The molecule has 0 spiro atoms. The monoisotopic (exact) mass is 343 g/mol. The standard InChI is InChI=1S/C19H29N5O/c1-16(6-11-24-15-20-14-22-24)21-12-17-4-2-3-5-18(17)13-23-9-7-19(25)8-10-23/h2-5,14-16,19,21,25H,6-13H2,1H3. The van der Waals surface area contributed by atoms with Gasteiger partial charge >= 0.3 is 0 Å². The van der Waals surface area contributed by atoms with Crippen molar-refractivity contribution in [1.82, 2.24) is 25.0 Å². The van der Waals surface area contributed by atoms with Crippen LogP contribution in [0.3, 0.4) is 0 Å². The summed E-state index contributed by atoms with van der Waals surface area (Å²) in [6, 6.07) is 9.09. The second-order valence-electron chi connectivity index (χ2n) is 7.01. The molecule has 1 fully saturated rings. The fourth-order valence-electron chi connectivity index (χ4n) is 3.26. The van der Waals surface area contributed by atoms with Gasteiger partial charge in [0.2, 0.25) is 0 Å². The lowest BCUT2D eigenvalue weighted by molar-refractivity contribution is 0.0791. The number of aryl methyl sites for hydroxylation is 1. The van der Waals surface area contributed by atoms with Crippen LogP contribution >= 0.6 is 0 Å². The molecule has 1 aromatic heterocycles. The van der Waals surface area contributed by atoms with Gasteiger partial charge in [-0.05, 0) is 37.3 Å². The van der Waals surface area contributed by atoms with E-state index in [9.17, 15) is 5.11 Å². The Morgan fingerprint density at radius 2 is 2.00 bits per heavy atom. The number of likely N-dealkylation sites (tertiary alicyclic amines) is 1. The maximum absolute atomic E-state index is 9.67. The molecule has 2 aromatic rings. The maximum Gasteiger partial charge on any atom is 0.137 e. The zero-order chi connectivity index (χ0) is 17.5. The number of hydrogen-bond acceptors (Lipinski definition) is 5. The van der Waals surface area contributed by atoms with E-state index in [-0.39, 0.29) is 6.10 Å². The predicted octanol–water partition coefficient (Wildman–Crippen LogP) is 1.80. The molecule has 0 radical (unpaired) electrons. The third-order valence-electron chi connectivity index (χ3n) is 4.97. The number of aliphatic hydroxyl groups excluding tert-OH is 1. The smallest absolute Gasteiger partial charge is 0.137 e. The van der Waals surface area contributed by atoms with Crippen LogP contribution in [0.2, 0.25) is 0 Å². The van der Waals surface area contributed by atoms with Crippen molar-refractivity contribution in [2.24, 2.45) is 0 Å². The molecule has 0 saturated carbocycles. The molecule has 1 aliphatic heterocycles. The number of rotatable bonds is 8. The van der Waals surface area contributed by atoms with Gasteiger partial charge in [0.25, 0.3) is 0 Å². The van der Waals surface area contributed by atoms with Crippen molar-refractivity contribution < 1.29 is 5.11 Å². The zero-order valence-corrected chi connectivity index (χ0v) is 15.0. The molecule has 2 heterocycles. The highest BCUT2D eigenvalue weighted by Gasteiger charge is 2.17. The molecule has 3 rings (SSSR count). The molecule has 6 nitrogen and oxygen atoms in total. The third kappa shape index (κ3) is 5.63. The van der Waals surface area contributed by atoms with E-state index in [1.807, 2.05) is 4.68 Å². The summed E-state index contributed by atoms with van der Waals surface area (Å²) in [7, 11) is 0. The largest absolute Gasteiger partial charge is 0.393 e. The van der Waals surface area contributed by atoms with Gasteiger partial charge in [0.15, 0.2) is 0 Å². The van der Waals surface area contributed by atoms with Crippen molar-refractivity contribution in [2.75, 3.05) is 13.1 Å². The lowest BCUT2D eigenvalue weighted by Gasteiger charge is -2.30. The molecule has 25 heavy (non-hydrogen) atoms. The van der Waals surface area contributed by atoms with E-state index in [1.54, 1.807) is 12.7 Å². The SMILES string of the molecule is CC(CCn1cncn1)NCc1ccccc1CN1CCC(O)CC1. The van der Waals surface area contributed by atoms with Crippen LogP contribution in [0.4, 0.5) is 0 Å². The molecule has 1 aromatic carbocycles. The summed E-state index contributed by atoms with van der Waals surface area (Å²) < 4.78 is 1.87. The predicted molar refractivity (Wildman–Crippen MR) is 97.9 cm³/mol. The quantitative estimate of drug-likeness (QED) is 0.765. The topological polar surface area (TPSA) is 66.2 Å². The minimum Gasteiger partial charge on any atom is -0.393 e. The summed E-state index contributed by atoms with van der Waals surface area (Å²) >= 11 is 0. The van der Waals surface area contributed by atoms with Crippen LogP contribution in [-0.4, -0.2) is 50.0 Å². The molecule has 1 atom stereocenters. The molecule has 1 unspecified atom stereocenters. The summed E-state index contributed by atoms with van der Waals surface area (Å²) in [5.41, 5.74) is 2.75. The average Bonchev–Trinajstić information content (AvgIpc) is 3.15. The van der Waals surface area contributed by atoms with Gasteiger partial charge in [-0.25, -0.2) is 4.98 Å². The highest BCUT2D eigenvalue weighted by Crippen LogP contribution is 2.16. The summed E-state index contributed by atoms with van der Waals surface area (Å²) in [5.74, 6) is 0. The number of hydrogen-bond donors (Lipinski definition) is 2. The first kappa shape index (κ1) is 18.0.